The third-order valence-corrected chi connectivity index (χ3v) is 7.80. The molecule has 1 fully saturated rings. The van der Waals surface area contributed by atoms with Crippen LogP contribution in [0.3, 0.4) is 0 Å². The number of aromatic nitrogens is 1. The Bertz CT molecular complexity index is 976. The van der Waals surface area contributed by atoms with Gasteiger partial charge >= 0.3 is 6.18 Å². The fourth-order valence-corrected chi connectivity index (χ4v) is 6.16. The number of fused-ring (bicyclic) bond motifs is 1. The predicted octanol–water partition coefficient (Wildman–Crippen LogP) is 6.06. The van der Waals surface area contributed by atoms with Crippen LogP contribution in [0.25, 0.3) is 0 Å². The van der Waals surface area contributed by atoms with E-state index in [0.29, 0.717) is 11.6 Å². The summed E-state index contributed by atoms with van der Waals surface area (Å²) in [4.78, 5) is 19.2. The average molecular weight is 492 g/mol. The molecule has 2 heterocycles. The van der Waals surface area contributed by atoms with Gasteiger partial charge in [-0.2, -0.15) is 13.2 Å². The Morgan fingerprint density at radius 1 is 1.32 bits per heavy atom. The summed E-state index contributed by atoms with van der Waals surface area (Å²) in [6, 6.07) is 4.02. The van der Waals surface area contributed by atoms with Crippen LogP contribution in [0.15, 0.2) is 18.2 Å². The summed E-state index contributed by atoms with van der Waals surface area (Å²) in [5.74, 6) is -0.0390. The zero-order valence-electron chi connectivity index (χ0n) is 16.9. The lowest BCUT2D eigenvalue weighted by Crippen LogP contribution is -2.44. The van der Waals surface area contributed by atoms with Gasteiger partial charge < -0.3 is 10.2 Å². The van der Waals surface area contributed by atoms with Crippen LogP contribution >= 0.6 is 34.5 Å². The molecule has 1 amide bonds. The number of hydrogen-bond acceptors (Lipinski definition) is 4. The molecule has 2 unspecified atom stereocenters. The standard InChI is InChI=1S/C21H22Cl2F3N3OS/c1-2-17(30)27-15-4-3-5-16-18(15)31-19(28-16)29-7-6-20(11-29,21(24,25)26)12-8-13(22)10-14(23)9-12/h8-10,15H,2-7,11H2,1H3,(H,27,30). The zero-order chi connectivity index (χ0) is 22.4. The molecule has 0 bridgehead atoms. The fraction of sp³-hybridized carbons (Fsp3) is 0.524. The van der Waals surface area contributed by atoms with Gasteiger partial charge in [0.25, 0.3) is 0 Å². The third kappa shape index (κ3) is 4.26. The van der Waals surface area contributed by atoms with Crippen molar-refractivity contribution < 1.29 is 18.0 Å². The largest absolute Gasteiger partial charge is 0.400 e. The van der Waals surface area contributed by atoms with Gasteiger partial charge in [0.15, 0.2) is 5.13 Å². The zero-order valence-corrected chi connectivity index (χ0v) is 19.2. The number of thiazole rings is 1. The van der Waals surface area contributed by atoms with Crippen molar-refractivity contribution in [2.75, 3.05) is 18.0 Å². The Morgan fingerprint density at radius 3 is 2.68 bits per heavy atom. The Hall–Kier alpha value is -1.51. The monoisotopic (exact) mass is 491 g/mol. The van der Waals surface area contributed by atoms with Gasteiger partial charge in [-0.1, -0.05) is 41.5 Å². The van der Waals surface area contributed by atoms with Gasteiger partial charge in [-0.25, -0.2) is 4.98 Å². The van der Waals surface area contributed by atoms with Gasteiger partial charge in [0.05, 0.1) is 16.6 Å². The summed E-state index contributed by atoms with van der Waals surface area (Å²) < 4.78 is 43.0. The summed E-state index contributed by atoms with van der Waals surface area (Å²) in [6.07, 6.45) is -1.71. The lowest BCUT2D eigenvalue weighted by atomic mass is 9.79. The first-order chi connectivity index (χ1) is 14.6. The Balaban J connectivity index is 1.65. The molecular weight excluding hydrogens is 470 g/mol. The van der Waals surface area contributed by atoms with E-state index in [9.17, 15) is 18.0 Å². The van der Waals surface area contributed by atoms with Crippen LogP contribution in [0.5, 0.6) is 0 Å². The minimum atomic E-state index is -4.47. The number of carbonyl (C=O) groups is 1. The van der Waals surface area contributed by atoms with E-state index in [1.807, 2.05) is 0 Å². The number of aryl methyl sites for hydroxylation is 1. The van der Waals surface area contributed by atoms with Crippen molar-refractivity contribution >= 4 is 45.6 Å². The summed E-state index contributed by atoms with van der Waals surface area (Å²) >= 11 is 13.4. The minimum Gasteiger partial charge on any atom is -0.348 e. The molecule has 31 heavy (non-hydrogen) atoms. The number of halogens is 5. The molecule has 1 N–H and O–H groups in total. The SMILES string of the molecule is CCC(=O)NC1CCCc2nc(N3CCC(c4cc(Cl)cc(Cl)c4)(C(F)(F)F)C3)sc21. The van der Waals surface area contributed by atoms with Gasteiger partial charge in [0.1, 0.15) is 5.41 Å². The first-order valence-electron chi connectivity index (χ1n) is 10.2. The van der Waals surface area contributed by atoms with Crippen LogP contribution in [0, 0.1) is 0 Å². The highest BCUT2D eigenvalue weighted by molar-refractivity contribution is 7.15. The van der Waals surface area contributed by atoms with E-state index >= 15 is 0 Å². The van der Waals surface area contributed by atoms with Gasteiger partial charge in [-0.05, 0) is 49.4 Å². The lowest BCUT2D eigenvalue weighted by Gasteiger charge is -2.32. The number of amides is 1. The maximum Gasteiger partial charge on any atom is 0.400 e. The maximum atomic E-state index is 14.3. The second-order valence-corrected chi connectivity index (χ2v) is 9.96. The summed E-state index contributed by atoms with van der Waals surface area (Å²) in [5.41, 5.74) is -1.11. The number of alkyl halides is 3. The van der Waals surface area contributed by atoms with Crippen LogP contribution in [0.2, 0.25) is 10.0 Å². The van der Waals surface area contributed by atoms with Crippen molar-refractivity contribution in [1.82, 2.24) is 10.3 Å². The third-order valence-electron chi connectivity index (χ3n) is 6.09. The fourth-order valence-electron chi connectivity index (χ4n) is 4.41. The first-order valence-corrected chi connectivity index (χ1v) is 11.8. The molecule has 0 saturated carbocycles. The van der Waals surface area contributed by atoms with Gasteiger partial charge in [-0.3, -0.25) is 4.79 Å². The molecule has 1 aliphatic heterocycles. The predicted molar refractivity (Wildman–Crippen MR) is 117 cm³/mol. The second kappa shape index (κ2) is 8.45. The van der Waals surface area contributed by atoms with Gasteiger partial charge in [0, 0.05) is 29.6 Å². The van der Waals surface area contributed by atoms with E-state index in [-0.39, 0.29) is 47.1 Å². The Kier molecular flexibility index (Phi) is 6.18. The lowest BCUT2D eigenvalue weighted by molar-refractivity contribution is -0.184. The molecule has 2 aliphatic rings. The van der Waals surface area contributed by atoms with E-state index in [1.54, 1.807) is 11.8 Å². The van der Waals surface area contributed by atoms with Crippen molar-refractivity contribution in [2.24, 2.45) is 0 Å². The molecule has 1 aromatic carbocycles. The smallest absolute Gasteiger partial charge is 0.348 e. The molecule has 4 rings (SSSR count). The molecule has 168 valence electrons. The highest BCUT2D eigenvalue weighted by atomic mass is 35.5. The summed E-state index contributed by atoms with van der Waals surface area (Å²) in [6.45, 7) is 1.77. The van der Waals surface area contributed by atoms with Crippen LogP contribution < -0.4 is 10.2 Å². The number of nitrogens with one attached hydrogen (secondary N) is 1. The molecule has 1 aromatic heterocycles. The number of carbonyl (C=O) groups excluding carboxylic acids is 1. The topological polar surface area (TPSA) is 45.2 Å². The summed E-state index contributed by atoms with van der Waals surface area (Å²) in [5, 5.41) is 3.95. The average Bonchev–Trinajstić information content (AvgIpc) is 3.32. The molecule has 0 radical (unpaired) electrons. The number of benzene rings is 1. The van der Waals surface area contributed by atoms with Crippen molar-refractivity contribution in [3.8, 4) is 0 Å². The molecule has 0 spiro atoms. The van der Waals surface area contributed by atoms with Crippen LogP contribution in [0.4, 0.5) is 18.3 Å². The molecule has 1 saturated heterocycles. The molecule has 4 nitrogen and oxygen atoms in total. The Labute approximate surface area is 192 Å². The molecule has 10 heteroatoms. The van der Waals surface area contributed by atoms with E-state index in [2.05, 4.69) is 10.3 Å². The highest BCUT2D eigenvalue weighted by Crippen LogP contribution is 2.50. The number of anilines is 1. The molecular formula is C21H22Cl2F3N3OS. The van der Waals surface area contributed by atoms with E-state index in [0.717, 1.165) is 29.8 Å². The second-order valence-electron chi connectivity index (χ2n) is 8.08. The molecule has 2 atom stereocenters. The van der Waals surface area contributed by atoms with Crippen LogP contribution in [0.1, 0.15) is 54.8 Å². The maximum absolute atomic E-state index is 14.3. The quantitative estimate of drug-likeness (QED) is 0.564. The van der Waals surface area contributed by atoms with Crippen molar-refractivity contribution in [3.63, 3.8) is 0 Å². The normalized spacial score (nSPS) is 23.7. The van der Waals surface area contributed by atoms with Crippen LogP contribution in [-0.4, -0.2) is 30.2 Å². The molecule has 2 aromatic rings. The molecule has 1 aliphatic carbocycles. The van der Waals surface area contributed by atoms with E-state index in [4.69, 9.17) is 23.2 Å². The Morgan fingerprint density at radius 2 is 2.03 bits per heavy atom. The number of rotatable bonds is 4. The number of nitrogens with zero attached hydrogens (tertiary/aromatic N) is 2. The van der Waals surface area contributed by atoms with Crippen molar-refractivity contribution in [3.05, 3.63) is 44.4 Å². The van der Waals surface area contributed by atoms with Gasteiger partial charge in [0.2, 0.25) is 5.91 Å². The number of hydrogen-bond donors (Lipinski definition) is 1. The van der Waals surface area contributed by atoms with Crippen molar-refractivity contribution in [2.45, 2.75) is 56.7 Å². The van der Waals surface area contributed by atoms with Crippen molar-refractivity contribution in [1.29, 1.82) is 0 Å². The summed E-state index contributed by atoms with van der Waals surface area (Å²) in [7, 11) is 0. The van der Waals surface area contributed by atoms with E-state index in [1.165, 1.54) is 29.5 Å². The highest BCUT2D eigenvalue weighted by Gasteiger charge is 2.59. The van der Waals surface area contributed by atoms with E-state index < -0.39 is 11.6 Å². The van der Waals surface area contributed by atoms with Crippen LogP contribution in [-0.2, 0) is 16.6 Å². The first kappa shape index (κ1) is 22.7. The minimum absolute atomic E-state index is 0.0390. The van der Waals surface area contributed by atoms with Gasteiger partial charge in [-0.15, -0.1) is 0 Å².